The standard InChI is InChI=1S/C18H19ClN6.O2S/c1-11-4-5-15(16(8-11)20-3)23-17-13(19)10-22-18(25-17)24-14-6-7-21-9-12(14)2;1-3-2/h4-10,20H,1-3H3,(H2,21,22,23,24,25);. The molecule has 0 unspecified atom stereocenters. The minimum atomic E-state index is -0.750. The molecular weight excluding hydrogens is 400 g/mol. The first-order valence-electron chi connectivity index (χ1n) is 8.16. The summed E-state index contributed by atoms with van der Waals surface area (Å²) in [6, 6.07) is 7.94. The number of pyridine rings is 1. The summed E-state index contributed by atoms with van der Waals surface area (Å²) >= 11 is 5.51. The molecule has 146 valence electrons. The summed E-state index contributed by atoms with van der Waals surface area (Å²) in [5.41, 5.74) is 4.93. The molecule has 28 heavy (non-hydrogen) atoms. The van der Waals surface area contributed by atoms with E-state index in [1.807, 2.05) is 39.1 Å². The number of halogens is 1. The summed E-state index contributed by atoms with van der Waals surface area (Å²) < 4.78 is 16.6. The fourth-order valence-electron chi connectivity index (χ4n) is 2.35. The molecule has 0 spiro atoms. The zero-order valence-corrected chi connectivity index (χ0v) is 17.1. The smallest absolute Gasteiger partial charge is 0.335 e. The molecule has 0 amide bonds. The number of anilines is 5. The van der Waals surface area contributed by atoms with Gasteiger partial charge in [-0.15, -0.1) is 0 Å². The topological polar surface area (TPSA) is 109 Å². The molecule has 0 saturated heterocycles. The van der Waals surface area contributed by atoms with Crippen molar-refractivity contribution in [1.29, 1.82) is 0 Å². The molecule has 3 rings (SSSR count). The van der Waals surface area contributed by atoms with E-state index in [0.717, 1.165) is 22.6 Å². The highest BCUT2D eigenvalue weighted by molar-refractivity contribution is 7.51. The fraction of sp³-hybridized carbons (Fsp3) is 0.167. The average Bonchev–Trinajstić information content (AvgIpc) is 2.68. The molecule has 3 aromatic rings. The lowest BCUT2D eigenvalue weighted by Gasteiger charge is -2.14. The summed E-state index contributed by atoms with van der Waals surface area (Å²) in [6.45, 7) is 4.01. The number of hydrogen-bond acceptors (Lipinski definition) is 8. The van der Waals surface area contributed by atoms with Gasteiger partial charge in [0.2, 0.25) is 5.95 Å². The molecule has 3 N–H and O–H groups in total. The number of aromatic nitrogens is 3. The molecule has 0 atom stereocenters. The lowest BCUT2D eigenvalue weighted by Crippen LogP contribution is -2.04. The van der Waals surface area contributed by atoms with Crippen LogP contribution in [0.5, 0.6) is 0 Å². The predicted molar refractivity (Wildman–Crippen MR) is 112 cm³/mol. The maximum Gasteiger partial charge on any atom is 0.335 e. The number of hydrogen-bond donors (Lipinski definition) is 3. The van der Waals surface area contributed by atoms with Crippen LogP contribution in [-0.4, -0.2) is 30.4 Å². The van der Waals surface area contributed by atoms with E-state index in [2.05, 4.69) is 37.0 Å². The Kier molecular flexibility index (Phi) is 7.85. The minimum Gasteiger partial charge on any atom is -0.386 e. The highest BCUT2D eigenvalue weighted by Crippen LogP contribution is 2.29. The Labute approximate surface area is 171 Å². The molecule has 0 aliphatic heterocycles. The lowest BCUT2D eigenvalue weighted by atomic mass is 10.2. The van der Waals surface area contributed by atoms with E-state index in [-0.39, 0.29) is 0 Å². The van der Waals surface area contributed by atoms with Gasteiger partial charge in [0.25, 0.3) is 0 Å². The zero-order chi connectivity index (χ0) is 20.5. The van der Waals surface area contributed by atoms with Crippen LogP contribution in [0, 0.1) is 13.8 Å². The van der Waals surface area contributed by atoms with Gasteiger partial charge in [-0.3, -0.25) is 4.98 Å². The van der Waals surface area contributed by atoms with E-state index in [9.17, 15) is 0 Å². The van der Waals surface area contributed by atoms with E-state index >= 15 is 0 Å². The van der Waals surface area contributed by atoms with Gasteiger partial charge in [0.05, 0.1) is 17.6 Å². The normalized spacial score (nSPS) is 9.71. The van der Waals surface area contributed by atoms with Crippen LogP contribution in [0.2, 0.25) is 5.02 Å². The summed E-state index contributed by atoms with van der Waals surface area (Å²) in [7, 11) is 1.88. The third-order valence-electron chi connectivity index (χ3n) is 3.71. The quantitative estimate of drug-likeness (QED) is 0.570. The average molecular weight is 419 g/mol. The maximum absolute atomic E-state index is 8.29. The van der Waals surface area contributed by atoms with Crippen LogP contribution >= 0.6 is 11.6 Å². The van der Waals surface area contributed by atoms with Crippen LogP contribution in [0.4, 0.5) is 28.8 Å². The summed E-state index contributed by atoms with van der Waals surface area (Å²) in [5.74, 6) is 0.991. The number of nitrogens with zero attached hydrogens (tertiary/aromatic N) is 3. The molecule has 0 saturated carbocycles. The van der Waals surface area contributed by atoms with Gasteiger partial charge in [0, 0.05) is 25.1 Å². The summed E-state index contributed by atoms with van der Waals surface area (Å²) in [4.78, 5) is 12.8. The van der Waals surface area contributed by atoms with Crippen molar-refractivity contribution in [3.63, 3.8) is 0 Å². The van der Waals surface area contributed by atoms with Crippen molar-refractivity contribution in [3.8, 4) is 0 Å². The van der Waals surface area contributed by atoms with Crippen LogP contribution in [0.15, 0.2) is 42.9 Å². The lowest BCUT2D eigenvalue weighted by molar-refractivity contribution is 0.630. The Hall–Kier alpha value is -3.04. The molecular formula is C18H19ClN6O2S. The van der Waals surface area contributed by atoms with Gasteiger partial charge in [-0.1, -0.05) is 17.7 Å². The van der Waals surface area contributed by atoms with E-state index in [1.165, 1.54) is 5.56 Å². The zero-order valence-electron chi connectivity index (χ0n) is 15.5. The molecule has 8 nitrogen and oxygen atoms in total. The Morgan fingerprint density at radius 3 is 2.43 bits per heavy atom. The fourth-order valence-corrected chi connectivity index (χ4v) is 2.49. The monoisotopic (exact) mass is 418 g/mol. The molecule has 0 aliphatic carbocycles. The van der Waals surface area contributed by atoms with Gasteiger partial charge in [0.1, 0.15) is 5.02 Å². The van der Waals surface area contributed by atoms with Crippen molar-refractivity contribution < 1.29 is 8.42 Å². The Morgan fingerprint density at radius 1 is 1.00 bits per heavy atom. The number of rotatable bonds is 5. The first-order chi connectivity index (χ1) is 13.5. The number of nitrogens with one attached hydrogen (secondary N) is 3. The Morgan fingerprint density at radius 2 is 1.75 bits per heavy atom. The molecule has 10 heteroatoms. The molecule has 2 aromatic heterocycles. The van der Waals surface area contributed by atoms with Gasteiger partial charge in [0.15, 0.2) is 5.82 Å². The summed E-state index contributed by atoms with van der Waals surface area (Å²) in [5, 5.41) is 10.1. The molecule has 0 fully saturated rings. The van der Waals surface area contributed by atoms with Crippen LogP contribution in [0.25, 0.3) is 0 Å². The number of aryl methyl sites for hydroxylation is 2. The van der Waals surface area contributed by atoms with Crippen LogP contribution in [0.3, 0.4) is 0 Å². The highest BCUT2D eigenvalue weighted by atomic mass is 35.5. The van der Waals surface area contributed by atoms with Crippen molar-refractivity contribution in [2.24, 2.45) is 0 Å². The van der Waals surface area contributed by atoms with E-state index in [0.29, 0.717) is 16.8 Å². The van der Waals surface area contributed by atoms with Crippen molar-refractivity contribution in [2.45, 2.75) is 13.8 Å². The van der Waals surface area contributed by atoms with Gasteiger partial charge in [-0.05, 0) is 43.2 Å². The van der Waals surface area contributed by atoms with Crippen molar-refractivity contribution >= 4 is 52.0 Å². The van der Waals surface area contributed by atoms with Crippen LogP contribution < -0.4 is 16.0 Å². The van der Waals surface area contributed by atoms with Crippen LogP contribution in [-0.2, 0) is 11.6 Å². The first-order valence-corrected chi connectivity index (χ1v) is 9.20. The third-order valence-corrected chi connectivity index (χ3v) is 3.98. The van der Waals surface area contributed by atoms with Gasteiger partial charge in [-0.2, -0.15) is 13.4 Å². The highest BCUT2D eigenvalue weighted by Gasteiger charge is 2.09. The second kappa shape index (κ2) is 10.3. The minimum absolute atomic E-state index is 0.444. The van der Waals surface area contributed by atoms with Gasteiger partial charge < -0.3 is 16.0 Å². The van der Waals surface area contributed by atoms with E-state index in [1.54, 1.807) is 18.6 Å². The molecule has 1 aromatic carbocycles. The SMILES string of the molecule is CNc1cc(C)ccc1Nc1nc(Nc2ccncc2C)ncc1Cl.O=S=O. The molecule has 2 heterocycles. The molecule has 0 bridgehead atoms. The molecule has 0 radical (unpaired) electrons. The van der Waals surface area contributed by atoms with Crippen molar-refractivity contribution in [1.82, 2.24) is 15.0 Å². The second-order valence-electron chi connectivity index (χ2n) is 5.70. The van der Waals surface area contributed by atoms with Crippen LogP contribution in [0.1, 0.15) is 11.1 Å². The molecule has 0 aliphatic rings. The van der Waals surface area contributed by atoms with E-state index < -0.39 is 11.6 Å². The Bertz CT molecular complexity index is 996. The number of benzene rings is 1. The Balaban J connectivity index is 0.000000878. The van der Waals surface area contributed by atoms with Crippen molar-refractivity contribution in [3.05, 3.63) is 59.0 Å². The third kappa shape index (κ3) is 5.73. The maximum atomic E-state index is 8.29. The van der Waals surface area contributed by atoms with Crippen molar-refractivity contribution in [2.75, 3.05) is 23.0 Å². The largest absolute Gasteiger partial charge is 0.386 e. The summed E-state index contributed by atoms with van der Waals surface area (Å²) in [6.07, 6.45) is 5.07. The predicted octanol–water partition coefficient (Wildman–Crippen LogP) is 4.00. The first kappa shape index (κ1) is 21.3. The van der Waals surface area contributed by atoms with Gasteiger partial charge >= 0.3 is 11.6 Å². The second-order valence-corrected chi connectivity index (χ2v) is 6.24. The van der Waals surface area contributed by atoms with E-state index in [4.69, 9.17) is 20.0 Å². The van der Waals surface area contributed by atoms with Gasteiger partial charge in [-0.25, -0.2) is 4.98 Å².